The highest BCUT2D eigenvalue weighted by Gasteiger charge is 2.15. The molecule has 0 atom stereocenters. The van der Waals surface area contributed by atoms with Crippen molar-refractivity contribution in [2.75, 3.05) is 25.0 Å². The molecule has 0 aliphatic carbocycles. The summed E-state index contributed by atoms with van der Waals surface area (Å²) in [6.45, 7) is 4.92. The van der Waals surface area contributed by atoms with Crippen LogP contribution >= 0.6 is 0 Å². The van der Waals surface area contributed by atoms with E-state index in [2.05, 4.69) is 20.9 Å². The zero-order valence-electron chi connectivity index (χ0n) is 17.0. The smallest absolute Gasteiger partial charge is 0.272 e. The molecule has 1 amide bonds. The van der Waals surface area contributed by atoms with E-state index in [9.17, 15) is 13.6 Å². The number of benzene rings is 2. The minimum atomic E-state index is -2.53. The number of carbonyl (C=O) groups excluding carboxylic acids is 1. The Morgan fingerprint density at radius 2 is 2.07 bits per heavy atom. The van der Waals surface area contributed by atoms with Gasteiger partial charge in [-0.2, -0.15) is 0 Å². The van der Waals surface area contributed by atoms with E-state index in [-0.39, 0.29) is 11.8 Å². The lowest BCUT2D eigenvalue weighted by Gasteiger charge is -2.18. The Kier molecular flexibility index (Phi) is 7.21. The van der Waals surface area contributed by atoms with Crippen LogP contribution in [0, 0.1) is 0 Å². The monoisotopic (exact) mass is 416 g/mol. The maximum atomic E-state index is 12.6. The van der Waals surface area contributed by atoms with E-state index in [1.807, 2.05) is 32.0 Å². The van der Waals surface area contributed by atoms with Gasteiger partial charge in [-0.25, -0.2) is 8.78 Å². The quantitative estimate of drug-likeness (QED) is 0.630. The van der Waals surface area contributed by atoms with Gasteiger partial charge in [0.1, 0.15) is 12.4 Å². The molecule has 0 spiro atoms. The molecule has 160 valence electrons. The average molecular weight is 416 g/mol. The number of aliphatic imine (C=N–C) groups is 1. The summed E-state index contributed by atoms with van der Waals surface area (Å²) in [6, 6.07) is 12.3. The summed E-state index contributed by atoms with van der Waals surface area (Å²) in [5.41, 5.74) is 3.04. The molecule has 1 aliphatic heterocycles. The van der Waals surface area contributed by atoms with E-state index in [0.29, 0.717) is 29.5 Å². The average Bonchev–Trinajstić information content (AvgIpc) is 2.73. The first kappa shape index (κ1) is 21.5. The van der Waals surface area contributed by atoms with Gasteiger partial charge in [0.2, 0.25) is 0 Å². The molecule has 6 nitrogen and oxygen atoms in total. The van der Waals surface area contributed by atoms with Gasteiger partial charge < -0.3 is 15.4 Å². The number of nitrogens with zero attached hydrogens (tertiary/aromatic N) is 1. The van der Waals surface area contributed by atoms with Crippen molar-refractivity contribution in [3.63, 3.8) is 0 Å². The number of carbonyl (C=O) groups is 1. The molecular weight excluding hydrogens is 390 g/mol. The van der Waals surface area contributed by atoms with Gasteiger partial charge >= 0.3 is 0 Å². The second-order valence-corrected chi connectivity index (χ2v) is 7.28. The number of hydrogen-bond donors (Lipinski definition) is 3. The number of halogens is 2. The minimum Gasteiger partial charge on any atom is -0.488 e. The third-order valence-corrected chi connectivity index (χ3v) is 4.55. The van der Waals surface area contributed by atoms with E-state index < -0.39 is 13.0 Å². The third kappa shape index (κ3) is 5.92. The van der Waals surface area contributed by atoms with Crippen molar-refractivity contribution in [2.45, 2.75) is 32.6 Å². The van der Waals surface area contributed by atoms with E-state index in [1.165, 1.54) is 0 Å². The molecule has 8 heteroatoms. The molecule has 2 aromatic carbocycles. The topological polar surface area (TPSA) is 74.8 Å². The predicted octanol–water partition coefficient (Wildman–Crippen LogP) is 4.28. The van der Waals surface area contributed by atoms with Gasteiger partial charge in [0.25, 0.3) is 12.3 Å². The molecule has 30 heavy (non-hydrogen) atoms. The third-order valence-electron chi connectivity index (χ3n) is 4.55. The summed E-state index contributed by atoms with van der Waals surface area (Å²) >= 11 is 0. The summed E-state index contributed by atoms with van der Waals surface area (Å²) in [6.07, 6.45) is -1.58. The second-order valence-electron chi connectivity index (χ2n) is 7.28. The number of hydrogen-bond acceptors (Lipinski definition) is 5. The molecule has 0 bridgehead atoms. The van der Waals surface area contributed by atoms with E-state index in [4.69, 9.17) is 4.74 Å². The van der Waals surface area contributed by atoms with Gasteiger partial charge in [-0.1, -0.05) is 19.9 Å². The van der Waals surface area contributed by atoms with Gasteiger partial charge in [-0.15, -0.1) is 0 Å². The number of ether oxygens (including phenoxy) is 1. The highest BCUT2D eigenvalue weighted by atomic mass is 19.3. The standard InChI is InChI=1S/C22H26F2N4O2/c1-14(2)18-11-15(21(29)28-22-25-9-4-10-26-22)7-8-19(18)27-16-5-3-6-17(12-16)30-13-20(23)24/h3,5-8,11-12,14,20,27H,4,9-10,13H2,1-2H3,(H2,25,26,28,29). The van der Waals surface area contributed by atoms with Gasteiger partial charge in [0.15, 0.2) is 5.96 Å². The fraction of sp³-hybridized carbons (Fsp3) is 0.364. The maximum absolute atomic E-state index is 12.6. The molecular formula is C22H26F2N4O2. The van der Waals surface area contributed by atoms with Crippen molar-refractivity contribution in [2.24, 2.45) is 4.99 Å². The molecule has 3 rings (SSSR count). The Labute approximate surface area is 174 Å². The fourth-order valence-corrected chi connectivity index (χ4v) is 3.07. The zero-order valence-corrected chi connectivity index (χ0v) is 17.0. The Bertz CT molecular complexity index is 916. The summed E-state index contributed by atoms with van der Waals surface area (Å²) in [5, 5.41) is 9.17. The minimum absolute atomic E-state index is 0.156. The first-order valence-electron chi connectivity index (χ1n) is 9.94. The predicted molar refractivity (Wildman–Crippen MR) is 114 cm³/mol. The SMILES string of the molecule is CC(C)c1cc(C(=O)NC2=NCCCN2)ccc1Nc1cccc(OCC(F)F)c1. The Balaban J connectivity index is 1.76. The van der Waals surface area contributed by atoms with Crippen molar-refractivity contribution in [1.82, 2.24) is 10.6 Å². The first-order valence-corrected chi connectivity index (χ1v) is 9.94. The summed E-state index contributed by atoms with van der Waals surface area (Å²) in [5.74, 6) is 0.797. The van der Waals surface area contributed by atoms with Crippen molar-refractivity contribution in [1.29, 1.82) is 0 Å². The lowest BCUT2D eigenvalue weighted by Crippen LogP contribution is -2.43. The molecule has 0 saturated heterocycles. The van der Waals surface area contributed by atoms with E-state index in [0.717, 1.165) is 24.2 Å². The van der Waals surface area contributed by atoms with Crippen LogP contribution in [0.2, 0.25) is 0 Å². The lowest BCUT2D eigenvalue weighted by molar-refractivity contribution is 0.0819. The van der Waals surface area contributed by atoms with Gasteiger partial charge in [0, 0.05) is 36.1 Å². The molecule has 0 fully saturated rings. The van der Waals surface area contributed by atoms with Gasteiger partial charge in [0.05, 0.1) is 0 Å². The lowest BCUT2D eigenvalue weighted by atomic mass is 9.98. The van der Waals surface area contributed by atoms with Crippen molar-refractivity contribution < 1.29 is 18.3 Å². The highest BCUT2D eigenvalue weighted by molar-refractivity contribution is 6.06. The van der Waals surface area contributed by atoms with Crippen LogP contribution in [0.15, 0.2) is 47.5 Å². The molecule has 0 radical (unpaired) electrons. The zero-order chi connectivity index (χ0) is 21.5. The van der Waals surface area contributed by atoms with Crippen LogP contribution in [-0.2, 0) is 0 Å². The van der Waals surface area contributed by atoms with Crippen molar-refractivity contribution >= 4 is 23.2 Å². The fourth-order valence-electron chi connectivity index (χ4n) is 3.07. The highest BCUT2D eigenvalue weighted by Crippen LogP contribution is 2.29. The molecule has 1 heterocycles. The normalized spacial score (nSPS) is 13.6. The second kappa shape index (κ2) is 10.0. The van der Waals surface area contributed by atoms with Gasteiger partial charge in [-0.3, -0.25) is 15.1 Å². The molecule has 2 aromatic rings. The molecule has 0 unspecified atom stereocenters. The van der Waals surface area contributed by atoms with Crippen molar-refractivity contribution in [3.8, 4) is 5.75 Å². The van der Waals surface area contributed by atoms with Crippen LogP contribution in [-0.4, -0.2) is 38.0 Å². The molecule has 0 aromatic heterocycles. The number of nitrogens with one attached hydrogen (secondary N) is 3. The Morgan fingerprint density at radius 1 is 1.23 bits per heavy atom. The van der Waals surface area contributed by atoms with Crippen LogP contribution in [0.5, 0.6) is 5.75 Å². The molecule has 0 saturated carbocycles. The van der Waals surface area contributed by atoms with Crippen LogP contribution in [0.1, 0.15) is 42.1 Å². The number of rotatable bonds is 7. The van der Waals surface area contributed by atoms with Crippen molar-refractivity contribution in [3.05, 3.63) is 53.6 Å². The number of alkyl halides is 2. The van der Waals surface area contributed by atoms with E-state index >= 15 is 0 Å². The Morgan fingerprint density at radius 3 is 2.77 bits per heavy atom. The molecule has 3 N–H and O–H groups in total. The van der Waals surface area contributed by atoms with E-state index in [1.54, 1.807) is 24.3 Å². The van der Waals surface area contributed by atoms with Crippen LogP contribution in [0.4, 0.5) is 20.2 Å². The van der Waals surface area contributed by atoms with Crippen LogP contribution in [0.25, 0.3) is 0 Å². The largest absolute Gasteiger partial charge is 0.488 e. The number of amides is 1. The summed E-state index contributed by atoms with van der Waals surface area (Å²) < 4.78 is 29.8. The van der Waals surface area contributed by atoms with Crippen LogP contribution < -0.4 is 20.7 Å². The Hall–Kier alpha value is -3.16. The van der Waals surface area contributed by atoms with Gasteiger partial charge in [-0.05, 0) is 48.2 Å². The summed E-state index contributed by atoms with van der Waals surface area (Å²) in [4.78, 5) is 16.9. The maximum Gasteiger partial charge on any atom is 0.272 e. The summed E-state index contributed by atoms with van der Waals surface area (Å²) in [7, 11) is 0. The molecule has 1 aliphatic rings. The first-order chi connectivity index (χ1) is 14.4. The van der Waals surface area contributed by atoms with Crippen LogP contribution in [0.3, 0.4) is 0 Å². The number of guanidine groups is 1. The number of anilines is 2.